The molecule has 0 saturated heterocycles. The Labute approximate surface area is 99.1 Å². The zero-order valence-corrected chi connectivity index (χ0v) is 9.88. The Kier molecular flexibility index (Phi) is 3.06. The van der Waals surface area contributed by atoms with Crippen molar-refractivity contribution in [3.8, 4) is 11.4 Å². The van der Waals surface area contributed by atoms with E-state index in [1.807, 2.05) is 19.9 Å². The van der Waals surface area contributed by atoms with Crippen LogP contribution in [0.25, 0.3) is 11.4 Å². The maximum Gasteiger partial charge on any atom is 0.165 e. The summed E-state index contributed by atoms with van der Waals surface area (Å²) in [4.78, 5) is 8.66. The van der Waals surface area contributed by atoms with Crippen LogP contribution >= 0.6 is 0 Å². The van der Waals surface area contributed by atoms with Crippen molar-refractivity contribution in [3.63, 3.8) is 0 Å². The van der Waals surface area contributed by atoms with Crippen LogP contribution in [0.5, 0.6) is 0 Å². The van der Waals surface area contributed by atoms with Crippen molar-refractivity contribution in [2.45, 2.75) is 20.4 Å². The van der Waals surface area contributed by atoms with E-state index in [1.54, 1.807) is 6.20 Å². The highest BCUT2D eigenvalue weighted by molar-refractivity contribution is 5.67. The smallest absolute Gasteiger partial charge is 0.165 e. The summed E-state index contributed by atoms with van der Waals surface area (Å²) >= 11 is 0. The second-order valence-corrected chi connectivity index (χ2v) is 3.86. The summed E-state index contributed by atoms with van der Waals surface area (Å²) in [5, 5.41) is 13.0. The predicted octanol–water partition coefficient (Wildman–Crippen LogP) is 0.531. The van der Waals surface area contributed by atoms with Gasteiger partial charge in [0.05, 0.1) is 24.9 Å². The zero-order valence-electron chi connectivity index (χ0n) is 9.88. The molecule has 2 rings (SSSR count). The second kappa shape index (κ2) is 4.50. The molecule has 0 aromatic carbocycles. The first-order valence-electron chi connectivity index (χ1n) is 5.36. The van der Waals surface area contributed by atoms with E-state index in [0.717, 1.165) is 11.4 Å². The van der Waals surface area contributed by atoms with Gasteiger partial charge in [-0.05, 0) is 19.9 Å². The maximum absolute atomic E-state index is 8.86. The standard InChI is InChI=1S/C11H15N5O/c1-7-5-8(2)15-11(14-7)9-6-13-16(3-4-17)10(9)12/h5-6,17H,3-4,12H2,1-2H3. The van der Waals surface area contributed by atoms with Gasteiger partial charge in [-0.25, -0.2) is 14.6 Å². The molecule has 2 aromatic rings. The van der Waals surface area contributed by atoms with E-state index < -0.39 is 0 Å². The lowest BCUT2D eigenvalue weighted by atomic mass is 10.2. The Bertz CT molecular complexity index is 514. The van der Waals surface area contributed by atoms with E-state index in [-0.39, 0.29) is 6.61 Å². The number of aliphatic hydroxyl groups is 1. The van der Waals surface area contributed by atoms with Gasteiger partial charge in [0, 0.05) is 11.4 Å². The molecule has 2 aromatic heterocycles. The third kappa shape index (κ3) is 2.26. The van der Waals surface area contributed by atoms with Gasteiger partial charge in [-0.1, -0.05) is 0 Å². The third-order valence-corrected chi connectivity index (χ3v) is 2.42. The van der Waals surface area contributed by atoms with Gasteiger partial charge in [0.25, 0.3) is 0 Å². The molecule has 3 N–H and O–H groups in total. The zero-order chi connectivity index (χ0) is 12.4. The molecule has 0 spiro atoms. The lowest BCUT2D eigenvalue weighted by Crippen LogP contribution is -2.08. The van der Waals surface area contributed by atoms with Crippen molar-refractivity contribution in [2.75, 3.05) is 12.3 Å². The highest BCUT2D eigenvalue weighted by Crippen LogP contribution is 2.22. The Morgan fingerprint density at radius 2 is 1.94 bits per heavy atom. The van der Waals surface area contributed by atoms with Crippen LogP contribution < -0.4 is 5.73 Å². The topological polar surface area (TPSA) is 89.8 Å². The number of aryl methyl sites for hydroxylation is 2. The van der Waals surface area contributed by atoms with Crippen LogP contribution in [0.15, 0.2) is 12.3 Å². The summed E-state index contributed by atoms with van der Waals surface area (Å²) in [5.74, 6) is 1.05. The van der Waals surface area contributed by atoms with Gasteiger partial charge in [0.15, 0.2) is 5.82 Å². The van der Waals surface area contributed by atoms with Crippen molar-refractivity contribution < 1.29 is 5.11 Å². The molecule has 0 aliphatic heterocycles. The van der Waals surface area contributed by atoms with Crippen molar-refractivity contribution in [1.29, 1.82) is 0 Å². The maximum atomic E-state index is 8.86. The first-order chi connectivity index (χ1) is 8.11. The number of nitrogen functional groups attached to an aromatic ring is 1. The Morgan fingerprint density at radius 1 is 1.29 bits per heavy atom. The monoisotopic (exact) mass is 233 g/mol. The third-order valence-electron chi connectivity index (χ3n) is 2.42. The summed E-state index contributed by atoms with van der Waals surface area (Å²) in [6.07, 6.45) is 1.62. The summed E-state index contributed by atoms with van der Waals surface area (Å²) in [6.45, 7) is 4.19. The fourth-order valence-corrected chi connectivity index (χ4v) is 1.69. The summed E-state index contributed by atoms with van der Waals surface area (Å²) in [6, 6.07) is 1.90. The van der Waals surface area contributed by atoms with Gasteiger partial charge >= 0.3 is 0 Å². The predicted molar refractivity (Wildman–Crippen MR) is 64.2 cm³/mol. The number of rotatable bonds is 3. The molecule has 0 unspecified atom stereocenters. The van der Waals surface area contributed by atoms with E-state index in [0.29, 0.717) is 23.8 Å². The molecule has 0 aliphatic carbocycles. The largest absolute Gasteiger partial charge is 0.394 e. The minimum atomic E-state index is -0.000970. The molecule has 0 bridgehead atoms. The van der Waals surface area contributed by atoms with Crippen LogP contribution in [-0.4, -0.2) is 31.5 Å². The van der Waals surface area contributed by atoms with Crippen LogP contribution in [0.3, 0.4) is 0 Å². The fourth-order valence-electron chi connectivity index (χ4n) is 1.69. The van der Waals surface area contributed by atoms with E-state index in [9.17, 15) is 0 Å². The summed E-state index contributed by atoms with van der Waals surface area (Å²) < 4.78 is 1.54. The number of nitrogens with two attached hydrogens (primary N) is 1. The van der Waals surface area contributed by atoms with Crippen molar-refractivity contribution in [1.82, 2.24) is 19.7 Å². The molecule has 0 saturated carbocycles. The second-order valence-electron chi connectivity index (χ2n) is 3.86. The highest BCUT2D eigenvalue weighted by Gasteiger charge is 2.12. The van der Waals surface area contributed by atoms with E-state index in [2.05, 4.69) is 15.1 Å². The molecular formula is C11H15N5O. The van der Waals surface area contributed by atoms with E-state index >= 15 is 0 Å². The van der Waals surface area contributed by atoms with Crippen molar-refractivity contribution >= 4 is 5.82 Å². The number of nitrogens with zero attached hydrogens (tertiary/aromatic N) is 4. The van der Waals surface area contributed by atoms with Gasteiger partial charge in [0.2, 0.25) is 0 Å². The van der Waals surface area contributed by atoms with Gasteiger partial charge < -0.3 is 10.8 Å². The number of hydrogen-bond donors (Lipinski definition) is 2. The molecule has 0 aliphatic rings. The average molecular weight is 233 g/mol. The van der Waals surface area contributed by atoms with Crippen molar-refractivity contribution in [2.24, 2.45) is 0 Å². The van der Waals surface area contributed by atoms with E-state index in [4.69, 9.17) is 10.8 Å². The lowest BCUT2D eigenvalue weighted by molar-refractivity contribution is 0.270. The SMILES string of the molecule is Cc1cc(C)nc(-c2cnn(CCO)c2N)n1. The molecule has 6 heteroatoms. The lowest BCUT2D eigenvalue weighted by Gasteiger charge is -2.04. The Hall–Kier alpha value is -1.95. The molecule has 17 heavy (non-hydrogen) atoms. The minimum absolute atomic E-state index is 0.000970. The molecule has 0 radical (unpaired) electrons. The molecule has 90 valence electrons. The summed E-state index contributed by atoms with van der Waals surface area (Å²) in [7, 11) is 0. The number of anilines is 1. The molecule has 6 nitrogen and oxygen atoms in total. The number of aromatic nitrogens is 4. The molecule has 0 atom stereocenters. The van der Waals surface area contributed by atoms with Crippen LogP contribution in [-0.2, 0) is 6.54 Å². The quantitative estimate of drug-likeness (QED) is 0.807. The van der Waals surface area contributed by atoms with Crippen LogP contribution in [0, 0.1) is 13.8 Å². The van der Waals surface area contributed by atoms with Gasteiger partial charge in [-0.3, -0.25) is 0 Å². The van der Waals surface area contributed by atoms with Gasteiger partial charge in [-0.2, -0.15) is 5.10 Å². The normalized spacial score (nSPS) is 10.8. The van der Waals surface area contributed by atoms with E-state index in [1.165, 1.54) is 4.68 Å². The minimum Gasteiger partial charge on any atom is -0.394 e. The molecular weight excluding hydrogens is 218 g/mol. The highest BCUT2D eigenvalue weighted by atomic mass is 16.3. The first kappa shape index (κ1) is 11.5. The number of hydrogen-bond acceptors (Lipinski definition) is 5. The Morgan fingerprint density at radius 3 is 2.53 bits per heavy atom. The average Bonchev–Trinajstić information content (AvgIpc) is 2.60. The van der Waals surface area contributed by atoms with Crippen LogP contribution in [0.2, 0.25) is 0 Å². The van der Waals surface area contributed by atoms with Crippen LogP contribution in [0.1, 0.15) is 11.4 Å². The molecule has 0 fully saturated rings. The molecule has 2 heterocycles. The van der Waals surface area contributed by atoms with Gasteiger partial charge in [-0.15, -0.1) is 0 Å². The fraction of sp³-hybridized carbons (Fsp3) is 0.364. The first-order valence-corrected chi connectivity index (χ1v) is 5.36. The Balaban J connectivity index is 2.45. The van der Waals surface area contributed by atoms with Crippen molar-refractivity contribution in [3.05, 3.63) is 23.7 Å². The molecule has 0 amide bonds. The summed E-state index contributed by atoms with van der Waals surface area (Å²) in [5.41, 5.74) is 8.41. The van der Waals surface area contributed by atoms with Gasteiger partial charge in [0.1, 0.15) is 5.82 Å². The number of aliphatic hydroxyl groups excluding tert-OH is 1. The van der Waals surface area contributed by atoms with Crippen LogP contribution in [0.4, 0.5) is 5.82 Å².